The normalized spacial score (nSPS) is 14.8. The van der Waals surface area contributed by atoms with E-state index in [1.165, 1.54) is 12.3 Å². The summed E-state index contributed by atoms with van der Waals surface area (Å²) in [6.45, 7) is -4.86. The summed E-state index contributed by atoms with van der Waals surface area (Å²) in [7, 11) is 0. The van der Waals surface area contributed by atoms with Gasteiger partial charge in [0, 0.05) is 34.8 Å². The average Bonchev–Trinajstić information content (AvgIpc) is 3.09. The van der Waals surface area contributed by atoms with E-state index >= 15 is 0 Å². The first-order valence-corrected chi connectivity index (χ1v) is 7.28. The fraction of sp³-hybridized carbons (Fsp3) is 0.267. The van der Waals surface area contributed by atoms with Crippen molar-refractivity contribution in [3.8, 4) is 0 Å². The van der Waals surface area contributed by atoms with Crippen molar-refractivity contribution >= 4 is 34.3 Å². The molecular formula is C15H19N9O. The quantitative estimate of drug-likeness (QED) is 0.482. The van der Waals surface area contributed by atoms with Crippen molar-refractivity contribution in [2.45, 2.75) is 13.3 Å². The predicted octanol–water partition coefficient (Wildman–Crippen LogP) is 0.454. The van der Waals surface area contributed by atoms with Crippen molar-refractivity contribution in [2.75, 3.05) is 23.7 Å². The van der Waals surface area contributed by atoms with Gasteiger partial charge in [-0.25, -0.2) is 0 Å². The highest BCUT2D eigenvalue weighted by Crippen LogP contribution is 2.23. The molecule has 25 heavy (non-hydrogen) atoms. The van der Waals surface area contributed by atoms with Crippen molar-refractivity contribution in [2.24, 2.45) is 11.5 Å². The number of anilines is 3. The summed E-state index contributed by atoms with van der Waals surface area (Å²) in [6, 6.07) is 4.64. The SMILES string of the molecule is [2H]C([2H])([2H])C([2H])([2H])n1ncc2cc(Nc3nc(NCCN)nnc3C(N)=O)ccc21. The summed E-state index contributed by atoms with van der Waals surface area (Å²) in [5, 5.41) is 17.7. The van der Waals surface area contributed by atoms with Gasteiger partial charge in [-0.3, -0.25) is 9.48 Å². The van der Waals surface area contributed by atoms with Gasteiger partial charge in [0.25, 0.3) is 5.91 Å². The molecule has 0 bridgehead atoms. The highest BCUT2D eigenvalue weighted by molar-refractivity contribution is 5.96. The van der Waals surface area contributed by atoms with Crippen LogP contribution >= 0.6 is 0 Å². The predicted molar refractivity (Wildman–Crippen MR) is 94.6 cm³/mol. The van der Waals surface area contributed by atoms with Gasteiger partial charge in [0.05, 0.1) is 14.5 Å². The van der Waals surface area contributed by atoms with Gasteiger partial charge in [0.2, 0.25) is 5.95 Å². The highest BCUT2D eigenvalue weighted by atomic mass is 16.1. The Morgan fingerprint density at radius 2 is 2.32 bits per heavy atom. The molecule has 2 heterocycles. The summed E-state index contributed by atoms with van der Waals surface area (Å²) < 4.78 is 38.9. The van der Waals surface area contributed by atoms with Gasteiger partial charge in [0.1, 0.15) is 0 Å². The number of primary amides is 1. The lowest BCUT2D eigenvalue weighted by Gasteiger charge is -2.10. The molecule has 1 aromatic carbocycles. The number of nitrogens with one attached hydrogen (secondary N) is 2. The number of hydrogen-bond acceptors (Lipinski definition) is 8. The van der Waals surface area contributed by atoms with Crippen LogP contribution in [0.2, 0.25) is 0 Å². The molecule has 0 atom stereocenters. The molecule has 0 aliphatic carbocycles. The molecule has 3 rings (SSSR count). The van der Waals surface area contributed by atoms with Gasteiger partial charge in [0.15, 0.2) is 11.5 Å². The fourth-order valence-electron chi connectivity index (χ4n) is 2.17. The number of nitrogens with two attached hydrogens (primary N) is 2. The molecule has 0 saturated carbocycles. The Bertz CT molecular complexity index is 1080. The lowest BCUT2D eigenvalue weighted by molar-refractivity contribution is 0.0995. The molecule has 0 spiro atoms. The first kappa shape index (κ1) is 11.3. The molecule has 0 unspecified atom stereocenters. The monoisotopic (exact) mass is 346 g/mol. The summed E-state index contributed by atoms with van der Waals surface area (Å²) in [6.07, 6.45) is 1.34. The molecule has 10 heteroatoms. The van der Waals surface area contributed by atoms with Crippen LogP contribution in [0.3, 0.4) is 0 Å². The van der Waals surface area contributed by atoms with E-state index in [-0.39, 0.29) is 23.0 Å². The molecule has 10 nitrogen and oxygen atoms in total. The third kappa shape index (κ3) is 3.48. The van der Waals surface area contributed by atoms with Crippen LogP contribution < -0.4 is 22.1 Å². The Hall–Kier alpha value is -3.27. The zero-order valence-electron chi connectivity index (χ0n) is 18.0. The van der Waals surface area contributed by atoms with Crippen LogP contribution in [0.15, 0.2) is 24.4 Å². The van der Waals surface area contributed by atoms with Crippen LogP contribution in [0, 0.1) is 0 Å². The number of aryl methyl sites for hydroxylation is 1. The molecule has 2 aromatic heterocycles. The number of carbonyl (C=O) groups excluding carboxylic acids is 1. The summed E-state index contributed by atoms with van der Waals surface area (Å²) in [5.74, 6) is -0.628. The van der Waals surface area contributed by atoms with E-state index in [1.807, 2.05) is 0 Å². The van der Waals surface area contributed by atoms with Gasteiger partial charge in [-0.15, -0.1) is 10.2 Å². The Morgan fingerprint density at radius 1 is 1.44 bits per heavy atom. The van der Waals surface area contributed by atoms with Gasteiger partial charge >= 0.3 is 0 Å². The van der Waals surface area contributed by atoms with Crippen molar-refractivity contribution in [1.29, 1.82) is 0 Å². The maximum Gasteiger partial charge on any atom is 0.273 e. The molecule has 0 fully saturated rings. The Balaban J connectivity index is 1.96. The number of amides is 1. The fourth-order valence-corrected chi connectivity index (χ4v) is 2.17. The Kier molecular flexibility index (Phi) is 3.21. The highest BCUT2D eigenvalue weighted by Gasteiger charge is 2.15. The van der Waals surface area contributed by atoms with Crippen LogP contribution in [-0.2, 0) is 6.50 Å². The third-order valence-electron chi connectivity index (χ3n) is 3.28. The van der Waals surface area contributed by atoms with Gasteiger partial charge in [-0.2, -0.15) is 10.1 Å². The third-order valence-corrected chi connectivity index (χ3v) is 3.28. The van der Waals surface area contributed by atoms with E-state index < -0.39 is 19.3 Å². The van der Waals surface area contributed by atoms with Crippen LogP contribution in [0.4, 0.5) is 17.5 Å². The molecule has 0 aliphatic rings. The number of benzene rings is 1. The first-order chi connectivity index (χ1) is 14.0. The van der Waals surface area contributed by atoms with E-state index in [0.717, 1.165) is 4.68 Å². The standard InChI is InChI=1S/C15H19N9O/c1-2-24-11-4-3-10(7-9(11)8-19-24)20-14-12(13(17)25)22-23-15(21-14)18-6-5-16/h3-4,7-8H,2,5-6,16H2,1H3,(H2,17,25)(H2,18,20,21,23)/i1D3,2D2. The second-order valence-corrected chi connectivity index (χ2v) is 4.98. The number of rotatable bonds is 7. The van der Waals surface area contributed by atoms with Crippen LogP contribution in [0.5, 0.6) is 0 Å². The average molecular weight is 346 g/mol. The van der Waals surface area contributed by atoms with E-state index in [0.29, 0.717) is 24.2 Å². The largest absolute Gasteiger partial charge is 0.364 e. The van der Waals surface area contributed by atoms with Gasteiger partial charge in [-0.1, -0.05) is 0 Å². The molecule has 0 radical (unpaired) electrons. The molecule has 3 aromatic rings. The maximum atomic E-state index is 11.6. The van der Waals surface area contributed by atoms with Gasteiger partial charge < -0.3 is 22.1 Å². The minimum atomic E-state index is -2.90. The number of fused-ring (bicyclic) bond motifs is 1. The number of aromatic nitrogens is 5. The minimum Gasteiger partial charge on any atom is -0.364 e. The van der Waals surface area contributed by atoms with E-state index in [2.05, 4.69) is 30.9 Å². The number of carbonyl (C=O) groups is 1. The molecule has 6 N–H and O–H groups in total. The van der Waals surface area contributed by atoms with Crippen molar-refractivity contribution in [3.63, 3.8) is 0 Å². The lowest BCUT2D eigenvalue weighted by Crippen LogP contribution is -2.20. The van der Waals surface area contributed by atoms with E-state index in [1.54, 1.807) is 12.1 Å². The number of hydrogen-bond donors (Lipinski definition) is 4. The number of nitrogens with zero attached hydrogens (tertiary/aromatic N) is 5. The summed E-state index contributed by atoms with van der Waals surface area (Å²) in [4.78, 5) is 15.8. The summed E-state index contributed by atoms with van der Waals surface area (Å²) >= 11 is 0. The lowest BCUT2D eigenvalue weighted by atomic mass is 10.2. The van der Waals surface area contributed by atoms with Crippen LogP contribution in [0.1, 0.15) is 24.2 Å². The maximum absolute atomic E-state index is 11.6. The zero-order chi connectivity index (χ0) is 22.1. The van der Waals surface area contributed by atoms with E-state index in [4.69, 9.17) is 18.3 Å². The molecule has 0 saturated heterocycles. The van der Waals surface area contributed by atoms with E-state index in [9.17, 15) is 4.79 Å². The minimum absolute atomic E-state index is 0.0570. The topological polar surface area (TPSA) is 150 Å². The van der Waals surface area contributed by atoms with Crippen molar-refractivity contribution in [3.05, 3.63) is 30.1 Å². The Labute approximate surface area is 150 Å². The Morgan fingerprint density at radius 3 is 3.08 bits per heavy atom. The second kappa shape index (κ2) is 7.09. The molecule has 130 valence electrons. The van der Waals surface area contributed by atoms with Crippen molar-refractivity contribution < 1.29 is 11.6 Å². The van der Waals surface area contributed by atoms with Crippen LogP contribution in [-0.4, -0.2) is 44.0 Å². The molecule has 0 aliphatic heterocycles. The first-order valence-electron chi connectivity index (χ1n) is 9.78. The van der Waals surface area contributed by atoms with Gasteiger partial charge in [-0.05, 0) is 25.1 Å². The second-order valence-electron chi connectivity index (χ2n) is 4.98. The zero-order valence-corrected chi connectivity index (χ0v) is 13.0. The summed E-state index contributed by atoms with van der Waals surface area (Å²) in [5.41, 5.74) is 11.3. The molecular weight excluding hydrogens is 322 g/mol. The molecule has 1 amide bonds. The van der Waals surface area contributed by atoms with Crippen molar-refractivity contribution in [1.82, 2.24) is 25.0 Å². The smallest absolute Gasteiger partial charge is 0.273 e. The van der Waals surface area contributed by atoms with Crippen LogP contribution in [0.25, 0.3) is 10.9 Å².